The van der Waals surface area contributed by atoms with Crippen molar-refractivity contribution in [2.45, 2.75) is 98.7 Å². The highest BCUT2D eigenvalue weighted by Crippen LogP contribution is 2.31. The standard InChI is InChI=1S/C32H47N5.C11H16.C4H4F3N.CH2O/c1-7-8-9-10-11-12-13-28(27(4)33)19-26(3)24-36-14-16-37(17-15-36)32(5,6)31-20-30(23-35-31)29-18-25(2)21-34-22-29;1-3-4-8-11-9-6-5-7-10(11)2;1-2-8-3-4(5,6)7;1-2/h7-12,18,21-23,26,28H,4,13-17,19-20,24,33H2,1-3,5-6H3;5-7,9H,3-4,8H2,1-2H3;1,8H,3H2;1H2/b8-7-,10-9-,12-11?;;;. The van der Waals surface area contributed by atoms with Crippen molar-refractivity contribution in [3.05, 3.63) is 120 Å². The molecule has 0 radical (unpaired) electrons. The summed E-state index contributed by atoms with van der Waals surface area (Å²) in [4.78, 5) is 22.5. The van der Waals surface area contributed by atoms with Crippen molar-refractivity contribution in [2.24, 2.45) is 22.6 Å². The van der Waals surface area contributed by atoms with Gasteiger partial charge < -0.3 is 20.7 Å². The van der Waals surface area contributed by atoms with Crippen LogP contribution in [0.4, 0.5) is 13.2 Å². The third kappa shape index (κ3) is 20.1. The van der Waals surface area contributed by atoms with Crippen molar-refractivity contribution in [3.8, 4) is 12.5 Å². The van der Waals surface area contributed by atoms with Crippen LogP contribution in [-0.2, 0) is 11.2 Å². The number of nitrogens with zero attached hydrogens (tertiary/aromatic N) is 4. The van der Waals surface area contributed by atoms with E-state index in [1.165, 1.54) is 52.8 Å². The van der Waals surface area contributed by atoms with Crippen molar-refractivity contribution >= 4 is 18.1 Å². The smallest absolute Gasteiger partial charge is 0.402 e. The monoisotopic (exact) mass is 803 g/mol. The molecule has 0 spiro atoms. The van der Waals surface area contributed by atoms with Gasteiger partial charge in [-0.05, 0) is 100 Å². The van der Waals surface area contributed by atoms with Crippen molar-refractivity contribution in [3.63, 3.8) is 0 Å². The lowest BCUT2D eigenvalue weighted by Crippen LogP contribution is -2.58. The zero-order valence-corrected chi connectivity index (χ0v) is 36.1. The maximum Gasteiger partial charge on any atom is 0.406 e. The molecule has 2 aliphatic rings. The topological polar surface area (TPSA) is 86.8 Å². The summed E-state index contributed by atoms with van der Waals surface area (Å²) in [6.45, 7) is 25.9. The molecule has 2 aliphatic heterocycles. The number of carbonyl (C=O) groups is 1. The first-order valence-corrected chi connectivity index (χ1v) is 20.2. The second-order valence-corrected chi connectivity index (χ2v) is 15.3. The molecule has 1 saturated heterocycles. The lowest BCUT2D eigenvalue weighted by molar-refractivity contribution is -0.122. The van der Waals surface area contributed by atoms with Gasteiger partial charge in [-0.2, -0.15) is 13.2 Å². The second-order valence-electron chi connectivity index (χ2n) is 15.3. The molecule has 0 amide bonds. The highest BCUT2D eigenvalue weighted by Gasteiger charge is 2.36. The molecule has 318 valence electrons. The van der Waals surface area contributed by atoms with E-state index in [1.807, 2.05) is 50.5 Å². The van der Waals surface area contributed by atoms with Crippen LogP contribution in [0.15, 0.2) is 103 Å². The Labute approximate surface area is 348 Å². The molecule has 0 aliphatic carbocycles. The molecule has 2 atom stereocenters. The summed E-state index contributed by atoms with van der Waals surface area (Å²) < 4.78 is 33.3. The van der Waals surface area contributed by atoms with E-state index in [0.717, 1.165) is 57.7 Å². The Morgan fingerprint density at radius 1 is 1.07 bits per heavy atom. The predicted molar refractivity (Wildman–Crippen MR) is 239 cm³/mol. The molecule has 10 heteroatoms. The Morgan fingerprint density at radius 3 is 2.31 bits per heavy atom. The van der Waals surface area contributed by atoms with Crippen molar-refractivity contribution < 1.29 is 18.0 Å². The molecule has 3 N–H and O–H groups in total. The first-order chi connectivity index (χ1) is 27.6. The third-order valence-corrected chi connectivity index (χ3v) is 10.2. The third-order valence-electron chi connectivity index (χ3n) is 10.2. The van der Waals surface area contributed by atoms with Gasteiger partial charge in [0.2, 0.25) is 0 Å². The number of piperazine rings is 1. The maximum atomic E-state index is 11.1. The van der Waals surface area contributed by atoms with E-state index in [-0.39, 0.29) is 5.54 Å². The van der Waals surface area contributed by atoms with E-state index in [1.54, 1.807) is 11.4 Å². The van der Waals surface area contributed by atoms with Crippen LogP contribution in [0.3, 0.4) is 0 Å². The number of allylic oxidation sites excluding steroid dienone is 8. The van der Waals surface area contributed by atoms with Crippen LogP contribution >= 0.6 is 0 Å². The zero-order chi connectivity index (χ0) is 43.6. The Kier molecular flexibility index (Phi) is 24.6. The highest BCUT2D eigenvalue weighted by molar-refractivity contribution is 6.03. The summed E-state index contributed by atoms with van der Waals surface area (Å²) in [5.41, 5.74) is 14.7. The number of alkyl halides is 3. The molecule has 7 nitrogen and oxygen atoms in total. The van der Waals surface area contributed by atoms with Crippen LogP contribution in [0.25, 0.3) is 5.57 Å². The average Bonchev–Trinajstić information content (AvgIpc) is 3.71. The van der Waals surface area contributed by atoms with Gasteiger partial charge in [0.1, 0.15) is 13.3 Å². The number of carbonyl (C=O) groups excluding carboxylic acids is 1. The van der Waals surface area contributed by atoms with Crippen LogP contribution in [0.5, 0.6) is 0 Å². The maximum absolute atomic E-state index is 11.1. The van der Waals surface area contributed by atoms with Crippen LogP contribution in [0.2, 0.25) is 0 Å². The molecule has 1 aromatic heterocycles. The molecule has 1 fully saturated rings. The minimum atomic E-state index is -4.20. The summed E-state index contributed by atoms with van der Waals surface area (Å²) in [5.74, 6) is 0.901. The number of rotatable bonds is 16. The molecular formula is C48H69F3N6O. The van der Waals surface area contributed by atoms with Crippen LogP contribution in [0, 0.1) is 38.2 Å². The number of aryl methyl sites for hydroxylation is 3. The van der Waals surface area contributed by atoms with Crippen LogP contribution in [-0.4, -0.2) is 78.3 Å². The number of unbranched alkanes of at least 4 members (excludes halogenated alkanes) is 1. The Hall–Kier alpha value is -4.72. The molecule has 4 rings (SSSR count). The molecule has 3 heterocycles. The Bertz CT molecular complexity index is 1690. The van der Waals surface area contributed by atoms with Gasteiger partial charge in [0.15, 0.2) is 0 Å². The summed E-state index contributed by atoms with van der Waals surface area (Å²) in [6, 6.07) is 12.5. The van der Waals surface area contributed by atoms with E-state index in [2.05, 4.69) is 118 Å². The van der Waals surface area contributed by atoms with Gasteiger partial charge in [-0.3, -0.25) is 14.9 Å². The van der Waals surface area contributed by atoms with Crippen molar-refractivity contribution in [1.29, 1.82) is 0 Å². The highest BCUT2D eigenvalue weighted by atomic mass is 19.4. The molecule has 1 aromatic carbocycles. The molecule has 58 heavy (non-hydrogen) atoms. The van der Waals surface area contributed by atoms with Gasteiger partial charge in [-0.15, -0.1) is 0 Å². The average molecular weight is 803 g/mol. The summed E-state index contributed by atoms with van der Waals surface area (Å²) in [7, 11) is 0. The predicted octanol–water partition coefficient (Wildman–Crippen LogP) is 10.0. The summed E-state index contributed by atoms with van der Waals surface area (Å²) in [5, 5.41) is 1.69. The number of benzene rings is 1. The SMILES string of the molecule is C#CNCC(F)(F)F.C=C(N)C(CC=C/C=C\C=C/C)CC(C)CN1CCN(C(C)(C)C2=NC=C(c3cncc(C)c3)C2)CC1.C=O.CCCCc1ccccc1C. The largest absolute Gasteiger partial charge is 0.406 e. The number of halogens is 3. The number of nitrogens with two attached hydrogens (primary N) is 1. The number of pyridine rings is 1. The number of aromatic nitrogens is 1. The Balaban J connectivity index is 0.000000652. The van der Waals surface area contributed by atoms with E-state index >= 15 is 0 Å². The fourth-order valence-corrected chi connectivity index (χ4v) is 6.75. The van der Waals surface area contributed by atoms with Gasteiger partial charge in [-0.25, -0.2) is 0 Å². The minimum Gasteiger partial charge on any atom is -0.402 e. The first-order valence-electron chi connectivity index (χ1n) is 20.2. The number of terminal acetylenes is 1. The molecular weight excluding hydrogens is 734 g/mol. The normalized spacial score (nSPS) is 15.9. The zero-order valence-electron chi connectivity index (χ0n) is 36.1. The molecule has 2 unspecified atom stereocenters. The first kappa shape index (κ1) is 51.3. The fraction of sp³-hybridized carbons (Fsp3) is 0.479. The van der Waals surface area contributed by atoms with Gasteiger partial charge in [0.25, 0.3) is 0 Å². The van der Waals surface area contributed by atoms with E-state index in [4.69, 9.17) is 15.5 Å². The quantitative estimate of drug-likeness (QED) is 0.0999. The Morgan fingerprint density at radius 2 is 1.74 bits per heavy atom. The number of nitrogens with one attached hydrogen (secondary N) is 1. The van der Waals surface area contributed by atoms with E-state index < -0.39 is 12.7 Å². The van der Waals surface area contributed by atoms with Crippen molar-refractivity contribution in [2.75, 3.05) is 39.3 Å². The fourth-order valence-electron chi connectivity index (χ4n) is 6.75. The van der Waals surface area contributed by atoms with Crippen molar-refractivity contribution in [1.82, 2.24) is 20.1 Å². The molecule has 2 aromatic rings. The molecule has 0 bridgehead atoms. The van der Waals surface area contributed by atoms with Gasteiger partial charge in [0, 0.05) is 81.1 Å². The minimum absolute atomic E-state index is 0.0523. The van der Waals surface area contributed by atoms with E-state index in [0.29, 0.717) is 11.8 Å². The van der Waals surface area contributed by atoms with E-state index in [9.17, 15) is 13.2 Å². The lowest BCUT2D eigenvalue weighted by Gasteiger charge is -2.45. The number of hydrogen-bond acceptors (Lipinski definition) is 7. The van der Waals surface area contributed by atoms with Crippen LogP contribution in [0.1, 0.15) is 89.0 Å². The summed E-state index contributed by atoms with van der Waals surface area (Å²) >= 11 is 0. The number of hydrogen-bond donors (Lipinski definition) is 2. The van der Waals surface area contributed by atoms with Crippen LogP contribution < -0.4 is 11.1 Å². The number of aliphatic imine (C=N–C) groups is 1. The molecule has 0 saturated carbocycles. The summed E-state index contributed by atoms with van der Waals surface area (Å²) in [6.07, 6.45) is 25.4. The van der Waals surface area contributed by atoms with Gasteiger partial charge in [-0.1, -0.05) is 94.0 Å². The van der Waals surface area contributed by atoms with Gasteiger partial charge >= 0.3 is 6.18 Å². The lowest BCUT2D eigenvalue weighted by atomic mass is 9.89. The van der Waals surface area contributed by atoms with Gasteiger partial charge in [0.05, 0.1) is 5.54 Å². The second kappa shape index (κ2) is 27.8.